The molecule has 1 heterocycles. The maximum absolute atomic E-state index is 12.4. The van der Waals surface area contributed by atoms with E-state index in [-0.39, 0.29) is 24.6 Å². The summed E-state index contributed by atoms with van der Waals surface area (Å²) in [6.45, 7) is 0.00977. The predicted octanol–water partition coefficient (Wildman–Crippen LogP) is 1.37. The molecule has 0 fully saturated rings. The first-order valence-corrected chi connectivity index (χ1v) is 7.48. The molecule has 0 bridgehead atoms. The molecule has 25 heavy (non-hydrogen) atoms. The van der Waals surface area contributed by atoms with Crippen LogP contribution in [0.15, 0.2) is 35.5 Å². The Morgan fingerprint density at radius 3 is 2.28 bits per heavy atom. The Labute approximate surface area is 145 Å². The van der Waals surface area contributed by atoms with E-state index in [2.05, 4.69) is 0 Å². The Bertz CT molecular complexity index is 667. The van der Waals surface area contributed by atoms with Crippen LogP contribution in [0.4, 0.5) is 5.69 Å². The Morgan fingerprint density at radius 1 is 1.04 bits per heavy atom. The summed E-state index contributed by atoms with van der Waals surface area (Å²) >= 11 is 0. The number of rotatable bonds is 6. The fourth-order valence-corrected chi connectivity index (χ4v) is 2.62. The van der Waals surface area contributed by atoms with Gasteiger partial charge in [-0.3, -0.25) is 0 Å². The summed E-state index contributed by atoms with van der Waals surface area (Å²) in [5, 5.41) is 0. The largest absolute Gasteiger partial charge is 0.466 e. The lowest BCUT2D eigenvalue weighted by Gasteiger charge is -2.33. The van der Waals surface area contributed by atoms with Gasteiger partial charge in [-0.2, -0.15) is 0 Å². The molecule has 1 aromatic carbocycles. The van der Waals surface area contributed by atoms with Crippen LogP contribution in [0.2, 0.25) is 0 Å². The highest BCUT2D eigenvalue weighted by Crippen LogP contribution is 2.33. The number of benzene rings is 1. The SMILES string of the molecule is COC(=O)C1=C(C(=O)OC)N(c2ccccc2C(OC)OC)COC1. The Balaban J connectivity index is 2.60. The van der Waals surface area contributed by atoms with Crippen LogP contribution >= 0.6 is 0 Å². The number of hydrogen-bond donors (Lipinski definition) is 0. The van der Waals surface area contributed by atoms with Crippen molar-refractivity contribution in [2.75, 3.05) is 46.7 Å². The number of para-hydroxylation sites is 1. The van der Waals surface area contributed by atoms with Crippen molar-refractivity contribution in [2.24, 2.45) is 0 Å². The summed E-state index contributed by atoms with van der Waals surface area (Å²) in [6, 6.07) is 7.18. The van der Waals surface area contributed by atoms with Crippen molar-refractivity contribution in [3.8, 4) is 0 Å². The van der Waals surface area contributed by atoms with Crippen molar-refractivity contribution in [2.45, 2.75) is 6.29 Å². The van der Waals surface area contributed by atoms with Gasteiger partial charge in [0.05, 0.1) is 32.1 Å². The van der Waals surface area contributed by atoms with Gasteiger partial charge in [0.2, 0.25) is 0 Å². The quantitative estimate of drug-likeness (QED) is 0.561. The minimum absolute atomic E-state index is 0.0479. The van der Waals surface area contributed by atoms with Crippen molar-refractivity contribution >= 4 is 17.6 Å². The van der Waals surface area contributed by atoms with Gasteiger partial charge in [-0.15, -0.1) is 0 Å². The van der Waals surface area contributed by atoms with Crippen LogP contribution in [0.1, 0.15) is 11.9 Å². The standard InChI is InChI=1S/C17H21NO7/c1-21-15(19)12-9-25-10-18(14(12)16(20)22-2)13-8-6-5-7-11(13)17(23-3)24-4/h5-8,17H,9-10H2,1-4H3. The lowest BCUT2D eigenvalue weighted by Crippen LogP contribution is -2.39. The van der Waals surface area contributed by atoms with E-state index in [9.17, 15) is 9.59 Å². The number of carbonyl (C=O) groups excluding carboxylic acids is 2. The normalized spacial score (nSPS) is 14.7. The minimum Gasteiger partial charge on any atom is -0.466 e. The molecular weight excluding hydrogens is 330 g/mol. The monoisotopic (exact) mass is 351 g/mol. The Morgan fingerprint density at radius 2 is 1.68 bits per heavy atom. The van der Waals surface area contributed by atoms with Crippen molar-refractivity contribution in [1.29, 1.82) is 0 Å². The molecule has 0 amide bonds. The molecule has 1 aromatic rings. The van der Waals surface area contributed by atoms with E-state index < -0.39 is 18.2 Å². The molecular formula is C17H21NO7. The van der Waals surface area contributed by atoms with E-state index in [1.165, 1.54) is 28.4 Å². The van der Waals surface area contributed by atoms with Gasteiger partial charge < -0.3 is 28.6 Å². The topological polar surface area (TPSA) is 83.5 Å². The number of methoxy groups -OCH3 is 4. The number of hydrogen-bond acceptors (Lipinski definition) is 8. The first-order chi connectivity index (χ1) is 12.1. The average Bonchev–Trinajstić information content (AvgIpc) is 2.67. The van der Waals surface area contributed by atoms with Gasteiger partial charge in [-0.1, -0.05) is 18.2 Å². The second-order valence-corrected chi connectivity index (χ2v) is 5.08. The predicted molar refractivity (Wildman–Crippen MR) is 87.6 cm³/mol. The van der Waals surface area contributed by atoms with E-state index in [0.717, 1.165) is 0 Å². The van der Waals surface area contributed by atoms with Crippen LogP contribution in [-0.4, -0.2) is 53.7 Å². The molecule has 8 nitrogen and oxygen atoms in total. The maximum atomic E-state index is 12.4. The summed E-state index contributed by atoms with van der Waals surface area (Å²) in [5.41, 5.74) is 1.42. The number of anilines is 1. The molecule has 0 spiro atoms. The van der Waals surface area contributed by atoms with Crippen LogP contribution < -0.4 is 4.90 Å². The van der Waals surface area contributed by atoms with E-state index in [1.807, 2.05) is 6.07 Å². The fourth-order valence-electron chi connectivity index (χ4n) is 2.62. The van der Waals surface area contributed by atoms with Gasteiger partial charge in [-0.25, -0.2) is 9.59 Å². The zero-order valence-electron chi connectivity index (χ0n) is 14.6. The number of nitrogens with zero attached hydrogens (tertiary/aromatic N) is 1. The highest BCUT2D eigenvalue weighted by atomic mass is 16.7. The fraction of sp³-hybridized carbons (Fsp3) is 0.412. The molecule has 1 aliphatic rings. The smallest absolute Gasteiger partial charge is 0.355 e. The molecule has 2 rings (SSSR count). The highest BCUT2D eigenvalue weighted by Gasteiger charge is 2.34. The maximum Gasteiger partial charge on any atom is 0.355 e. The van der Waals surface area contributed by atoms with Crippen molar-refractivity contribution in [1.82, 2.24) is 0 Å². The van der Waals surface area contributed by atoms with Gasteiger partial charge in [0.15, 0.2) is 6.29 Å². The lowest BCUT2D eigenvalue weighted by molar-refractivity contribution is -0.140. The van der Waals surface area contributed by atoms with Gasteiger partial charge in [0.1, 0.15) is 12.4 Å². The van der Waals surface area contributed by atoms with Crippen molar-refractivity contribution < 1.29 is 33.3 Å². The molecule has 8 heteroatoms. The summed E-state index contributed by atoms with van der Waals surface area (Å²) in [5.74, 6) is -1.32. The average molecular weight is 351 g/mol. The Kier molecular flexibility index (Phi) is 6.51. The molecule has 0 radical (unpaired) electrons. The summed E-state index contributed by atoms with van der Waals surface area (Å²) in [6.07, 6.45) is -0.654. The molecule has 0 aromatic heterocycles. The zero-order chi connectivity index (χ0) is 18.4. The number of ether oxygens (including phenoxy) is 5. The van der Waals surface area contributed by atoms with Crippen molar-refractivity contribution in [3.05, 3.63) is 41.1 Å². The van der Waals surface area contributed by atoms with E-state index in [4.69, 9.17) is 23.7 Å². The van der Waals surface area contributed by atoms with Crippen molar-refractivity contribution in [3.63, 3.8) is 0 Å². The molecule has 1 aliphatic heterocycles. The molecule has 0 atom stereocenters. The first-order valence-electron chi connectivity index (χ1n) is 7.48. The molecule has 136 valence electrons. The highest BCUT2D eigenvalue weighted by molar-refractivity contribution is 6.03. The van der Waals surface area contributed by atoms with E-state index >= 15 is 0 Å². The van der Waals surface area contributed by atoms with Gasteiger partial charge >= 0.3 is 11.9 Å². The summed E-state index contributed by atoms with van der Waals surface area (Å²) in [4.78, 5) is 26.0. The molecule has 0 N–H and O–H groups in total. The van der Waals surface area contributed by atoms with Gasteiger partial charge in [0, 0.05) is 19.8 Å². The third kappa shape index (κ3) is 3.81. The third-order valence-corrected chi connectivity index (χ3v) is 3.74. The van der Waals surface area contributed by atoms with Crippen LogP contribution in [-0.2, 0) is 33.3 Å². The third-order valence-electron chi connectivity index (χ3n) is 3.74. The number of carbonyl (C=O) groups is 2. The molecule has 0 saturated carbocycles. The number of esters is 2. The second kappa shape index (κ2) is 8.61. The van der Waals surface area contributed by atoms with Gasteiger partial charge in [0.25, 0.3) is 0 Å². The zero-order valence-corrected chi connectivity index (χ0v) is 14.6. The first kappa shape index (κ1) is 18.9. The minimum atomic E-state index is -0.662. The molecule has 0 aliphatic carbocycles. The van der Waals surface area contributed by atoms with Crippen LogP contribution in [0.25, 0.3) is 0 Å². The van der Waals surface area contributed by atoms with Crippen LogP contribution in [0.5, 0.6) is 0 Å². The van der Waals surface area contributed by atoms with Crippen LogP contribution in [0, 0.1) is 0 Å². The summed E-state index contributed by atoms with van der Waals surface area (Å²) in [7, 11) is 5.50. The van der Waals surface area contributed by atoms with E-state index in [0.29, 0.717) is 11.3 Å². The van der Waals surface area contributed by atoms with E-state index in [1.54, 1.807) is 23.1 Å². The Hall–Kier alpha value is -2.42. The molecule has 0 saturated heterocycles. The van der Waals surface area contributed by atoms with Gasteiger partial charge in [-0.05, 0) is 6.07 Å². The second-order valence-electron chi connectivity index (χ2n) is 5.08. The van der Waals surface area contributed by atoms with Crippen LogP contribution in [0.3, 0.4) is 0 Å². The molecule has 0 unspecified atom stereocenters. The lowest BCUT2D eigenvalue weighted by atomic mass is 10.1. The summed E-state index contributed by atoms with van der Waals surface area (Å²) < 4.78 is 25.7.